The van der Waals surface area contributed by atoms with Crippen molar-refractivity contribution in [3.05, 3.63) is 42.7 Å². The molecule has 7 nitrogen and oxygen atoms in total. The van der Waals surface area contributed by atoms with Gasteiger partial charge in [-0.15, -0.1) is 0 Å². The topological polar surface area (TPSA) is 81.7 Å². The smallest absolute Gasteiger partial charge is 0.319 e. The van der Waals surface area contributed by atoms with E-state index in [0.29, 0.717) is 22.9 Å². The monoisotopic (exact) mass is 325 g/mol. The first-order valence-electron chi connectivity index (χ1n) is 7.24. The summed E-state index contributed by atoms with van der Waals surface area (Å²) in [5, 5.41) is 5.33. The van der Waals surface area contributed by atoms with E-state index in [-0.39, 0.29) is 26.0 Å². The third kappa shape index (κ3) is 4.30. The number of pyridine rings is 1. The average molecular weight is 325 g/mol. The van der Waals surface area contributed by atoms with Crippen LogP contribution < -0.4 is 24.8 Å². The highest BCUT2D eigenvalue weighted by atomic mass is 16.7. The molecule has 0 spiro atoms. The molecule has 0 unspecified atom stereocenters. The van der Waals surface area contributed by atoms with Crippen LogP contribution in [0.25, 0.3) is 0 Å². The molecule has 2 N–H and O–H groups in total. The Kier molecular flexibility index (Phi) is 5.00. The zero-order chi connectivity index (χ0) is 16.6. The fourth-order valence-electron chi connectivity index (χ4n) is 1.94. The van der Waals surface area contributed by atoms with Crippen LogP contribution in [-0.2, 0) is 0 Å². The third-order valence-corrected chi connectivity index (χ3v) is 3.04. The molecule has 0 bridgehead atoms. The largest absolute Gasteiger partial charge is 0.479 e. The van der Waals surface area contributed by atoms with Crippen molar-refractivity contribution in [2.45, 2.75) is 0 Å². The molecule has 2 aromatic rings. The van der Waals surface area contributed by atoms with Crippen molar-refractivity contribution in [1.29, 1.82) is 0 Å². The molecule has 3 rings (SSSR count). The number of anilines is 1. The summed E-state index contributed by atoms with van der Waals surface area (Å²) in [5.74, 6) is 7.54. The lowest BCUT2D eigenvalue weighted by Crippen LogP contribution is -2.28. The van der Waals surface area contributed by atoms with Crippen LogP contribution in [0.15, 0.2) is 42.7 Å². The van der Waals surface area contributed by atoms with Crippen LogP contribution in [0.3, 0.4) is 0 Å². The highest BCUT2D eigenvalue weighted by molar-refractivity contribution is 5.89. The number of amides is 2. The van der Waals surface area contributed by atoms with E-state index in [2.05, 4.69) is 27.5 Å². The lowest BCUT2D eigenvalue weighted by Gasteiger charge is -2.06. The first-order valence-corrected chi connectivity index (χ1v) is 7.24. The maximum Gasteiger partial charge on any atom is 0.319 e. The minimum Gasteiger partial charge on any atom is -0.479 e. The molecule has 2 amide bonds. The van der Waals surface area contributed by atoms with E-state index >= 15 is 0 Å². The van der Waals surface area contributed by atoms with Crippen molar-refractivity contribution in [3.63, 3.8) is 0 Å². The fourth-order valence-corrected chi connectivity index (χ4v) is 1.94. The zero-order valence-corrected chi connectivity index (χ0v) is 12.7. The number of nitrogens with one attached hydrogen (secondary N) is 2. The summed E-state index contributed by atoms with van der Waals surface area (Å²) in [6.45, 7) is 0.644. The van der Waals surface area contributed by atoms with Gasteiger partial charge in [-0.3, -0.25) is 4.98 Å². The van der Waals surface area contributed by atoms with Gasteiger partial charge in [0.05, 0.1) is 12.7 Å². The molecule has 1 aromatic carbocycles. The van der Waals surface area contributed by atoms with E-state index in [0.717, 1.165) is 0 Å². The minimum atomic E-state index is -0.351. The van der Waals surface area contributed by atoms with Crippen molar-refractivity contribution >= 4 is 11.7 Å². The van der Waals surface area contributed by atoms with Gasteiger partial charge in [0.25, 0.3) is 0 Å². The summed E-state index contributed by atoms with van der Waals surface area (Å²) < 4.78 is 15.8. The highest BCUT2D eigenvalue weighted by Gasteiger charge is 2.13. The molecule has 0 saturated carbocycles. The Balaban J connectivity index is 1.38. The van der Waals surface area contributed by atoms with Crippen molar-refractivity contribution in [2.24, 2.45) is 0 Å². The number of rotatable bonds is 4. The summed E-state index contributed by atoms with van der Waals surface area (Å²) in [7, 11) is 0. The zero-order valence-electron chi connectivity index (χ0n) is 12.7. The molecule has 24 heavy (non-hydrogen) atoms. The summed E-state index contributed by atoms with van der Waals surface area (Å²) >= 11 is 0. The van der Waals surface area contributed by atoms with Gasteiger partial charge in [-0.2, -0.15) is 0 Å². The van der Waals surface area contributed by atoms with Gasteiger partial charge in [-0.05, 0) is 24.3 Å². The van der Waals surface area contributed by atoms with Crippen LogP contribution in [0.2, 0.25) is 0 Å². The molecule has 1 aliphatic heterocycles. The standard InChI is InChI=1S/C17H15N3O4/c21-17(20-13-5-6-15-16(10-13)24-12-23-15)19-8-1-2-9-22-14-4-3-7-18-11-14/h3-7,10-11H,8-9,12H2,(H2,19,20,21). The van der Waals surface area contributed by atoms with Crippen LogP contribution in [0.4, 0.5) is 10.5 Å². The number of aromatic nitrogens is 1. The van der Waals surface area contributed by atoms with E-state index in [9.17, 15) is 4.79 Å². The third-order valence-electron chi connectivity index (χ3n) is 3.04. The molecule has 2 heterocycles. The number of carbonyl (C=O) groups is 1. The Labute approximate surface area is 138 Å². The predicted octanol–water partition coefficient (Wildman–Crippen LogP) is 2.01. The fraction of sp³-hybridized carbons (Fsp3) is 0.176. The molecule has 1 aromatic heterocycles. The maximum atomic E-state index is 11.8. The molecule has 7 heteroatoms. The van der Waals surface area contributed by atoms with E-state index in [1.54, 1.807) is 42.7 Å². The van der Waals surface area contributed by atoms with Gasteiger partial charge in [-0.25, -0.2) is 4.79 Å². The number of nitrogens with zero attached hydrogens (tertiary/aromatic N) is 1. The first-order chi connectivity index (χ1) is 11.8. The molecule has 0 aliphatic carbocycles. The van der Waals surface area contributed by atoms with Gasteiger partial charge in [0, 0.05) is 18.0 Å². The van der Waals surface area contributed by atoms with Gasteiger partial charge in [0.15, 0.2) is 11.5 Å². The number of urea groups is 1. The Hall–Kier alpha value is -3.40. The van der Waals surface area contributed by atoms with Crippen molar-refractivity contribution in [1.82, 2.24) is 10.3 Å². The number of hydrogen-bond acceptors (Lipinski definition) is 5. The van der Waals surface area contributed by atoms with E-state index in [4.69, 9.17) is 14.2 Å². The quantitative estimate of drug-likeness (QED) is 0.841. The number of benzene rings is 1. The maximum absolute atomic E-state index is 11.8. The van der Waals surface area contributed by atoms with Crippen molar-refractivity contribution in [3.8, 4) is 29.1 Å². The second-order valence-corrected chi connectivity index (χ2v) is 4.71. The Morgan fingerprint density at radius 2 is 2.17 bits per heavy atom. The predicted molar refractivity (Wildman–Crippen MR) is 87.1 cm³/mol. The van der Waals surface area contributed by atoms with E-state index in [1.165, 1.54) is 0 Å². The second kappa shape index (κ2) is 7.74. The number of hydrogen-bond donors (Lipinski definition) is 2. The lowest BCUT2D eigenvalue weighted by molar-refractivity contribution is 0.174. The van der Waals surface area contributed by atoms with Crippen LogP contribution in [0, 0.1) is 11.8 Å². The average Bonchev–Trinajstić information content (AvgIpc) is 3.06. The summed E-state index contributed by atoms with van der Waals surface area (Å²) in [4.78, 5) is 15.7. The molecular formula is C17H15N3O4. The SMILES string of the molecule is O=C(NCC#CCOc1cccnc1)Nc1ccc2c(c1)OCO2. The number of ether oxygens (including phenoxy) is 3. The van der Waals surface area contributed by atoms with E-state index in [1.807, 2.05) is 0 Å². The highest BCUT2D eigenvalue weighted by Crippen LogP contribution is 2.34. The van der Waals surface area contributed by atoms with Gasteiger partial charge >= 0.3 is 6.03 Å². The van der Waals surface area contributed by atoms with E-state index < -0.39 is 0 Å². The molecule has 0 fully saturated rings. The lowest BCUT2D eigenvalue weighted by atomic mass is 10.3. The molecule has 122 valence electrons. The normalized spacial score (nSPS) is 11.2. The Morgan fingerprint density at radius 1 is 1.25 bits per heavy atom. The van der Waals surface area contributed by atoms with Gasteiger partial charge in [-0.1, -0.05) is 11.8 Å². The summed E-state index contributed by atoms with van der Waals surface area (Å²) in [6, 6.07) is 8.41. The minimum absolute atomic E-state index is 0.196. The van der Waals surface area contributed by atoms with Gasteiger partial charge < -0.3 is 24.8 Å². The number of fused-ring (bicyclic) bond motifs is 1. The Bertz CT molecular complexity index is 768. The first kappa shape index (κ1) is 15.5. The van der Waals surface area contributed by atoms with Crippen molar-refractivity contribution in [2.75, 3.05) is 25.3 Å². The van der Waals surface area contributed by atoms with Crippen molar-refractivity contribution < 1.29 is 19.0 Å². The van der Waals surface area contributed by atoms with Crippen LogP contribution in [0.1, 0.15) is 0 Å². The molecule has 0 saturated heterocycles. The molecule has 0 radical (unpaired) electrons. The molecule has 0 atom stereocenters. The summed E-state index contributed by atoms with van der Waals surface area (Å²) in [5.41, 5.74) is 0.615. The molecule has 1 aliphatic rings. The summed E-state index contributed by atoms with van der Waals surface area (Å²) in [6.07, 6.45) is 3.28. The molecular weight excluding hydrogens is 310 g/mol. The van der Waals surface area contributed by atoms with Crippen LogP contribution >= 0.6 is 0 Å². The van der Waals surface area contributed by atoms with Gasteiger partial charge in [0.1, 0.15) is 12.4 Å². The van der Waals surface area contributed by atoms with Crippen LogP contribution in [0.5, 0.6) is 17.2 Å². The Morgan fingerprint density at radius 3 is 3.04 bits per heavy atom. The number of carbonyl (C=O) groups excluding carboxylic acids is 1. The van der Waals surface area contributed by atoms with Gasteiger partial charge in [0.2, 0.25) is 6.79 Å². The van der Waals surface area contributed by atoms with Crippen LogP contribution in [-0.4, -0.2) is 31.0 Å². The second-order valence-electron chi connectivity index (χ2n) is 4.71.